The normalized spacial score (nSPS) is 29.7. The summed E-state index contributed by atoms with van der Waals surface area (Å²) in [6.45, 7) is 2.21. The quantitative estimate of drug-likeness (QED) is 0.540. The summed E-state index contributed by atoms with van der Waals surface area (Å²) in [7, 11) is 0. The van der Waals surface area contributed by atoms with Gasteiger partial charge < -0.3 is 19.3 Å². The van der Waals surface area contributed by atoms with Crippen molar-refractivity contribution >= 4 is 23.6 Å². The van der Waals surface area contributed by atoms with Crippen molar-refractivity contribution in [2.45, 2.75) is 47.9 Å². The Morgan fingerprint density at radius 1 is 0.861 bits per heavy atom. The molecule has 36 heavy (non-hydrogen) atoms. The Hall–Kier alpha value is -3.01. The number of fused-ring (bicyclic) bond motifs is 2. The second-order valence-corrected chi connectivity index (χ2v) is 10.3. The first-order valence-electron chi connectivity index (χ1n) is 11.9. The number of aliphatic hydroxyl groups excluding tert-OH is 1. The Morgan fingerprint density at radius 3 is 2.17 bits per heavy atom. The number of benzene rings is 3. The van der Waals surface area contributed by atoms with Gasteiger partial charge in [0.05, 0.1) is 17.7 Å². The molecule has 3 aliphatic heterocycles. The number of hydrogen-bond donors (Lipinski definition) is 1. The van der Waals surface area contributed by atoms with Gasteiger partial charge >= 0.3 is 0 Å². The summed E-state index contributed by atoms with van der Waals surface area (Å²) in [5.41, 5.74) is 1.86. The Kier molecular flexibility index (Phi) is 6.15. The van der Waals surface area contributed by atoms with Crippen LogP contribution in [0.3, 0.4) is 0 Å². The van der Waals surface area contributed by atoms with E-state index in [1.165, 1.54) is 11.8 Å². The van der Waals surface area contributed by atoms with Gasteiger partial charge in [0.25, 0.3) is 11.8 Å². The molecular formula is C28H25NO6S. The minimum atomic E-state index is -1.18. The third-order valence-electron chi connectivity index (χ3n) is 6.80. The summed E-state index contributed by atoms with van der Waals surface area (Å²) in [4.78, 5) is 28.9. The Balaban J connectivity index is 1.34. The van der Waals surface area contributed by atoms with Gasteiger partial charge in [-0.15, -0.1) is 0 Å². The van der Waals surface area contributed by atoms with E-state index >= 15 is 0 Å². The van der Waals surface area contributed by atoms with Gasteiger partial charge in [-0.3, -0.25) is 14.5 Å². The van der Waals surface area contributed by atoms with E-state index in [-0.39, 0.29) is 6.61 Å². The summed E-state index contributed by atoms with van der Waals surface area (Å²) in [5, 5.41) is 11.7. The van der Waals surface area contributed by atoms with E-state index in [9.17, 15) is 14.7 Å². The summed E-state index contributed by atoms with van der Waals surface area (Å²) < 4.78 is 18.5. The molecule has 0 radical (unpaired) electrons. The molecule has 2 amide bonds. The van der Waals surface area contributed by atoms with E-state index < -0.39 is 47.9 Å². The van der Waals surface area contributed by atoms with Crippen LogP contribution >= 0.6 is 11.8 Å². The molecule has 6 atom stereocenters. The molecule has 0 bridgehead atoms. The second-order valence-electron chi connectivity index (χ2n) is 9.16. The second kappa shape index (κ2) is 9.46. The van der Waals surface area contributed by atoms with Gasteiger partial charge in [-0.05, 0) is 31.2 Å². The number of imide groups is 1. The van der Waals surface area contributed by atoms with Crippen LogP contribution < -0.4 is 0 Å². The zero-order chi connectivity index (χ0) is 24.8. The monoisotopic (exact) mass is 503 g/mol. The molecule has 3 aromatic rings. The van der Waals surface area contributed by atoms with E-state index in [0.717, 1.165) is 20.9 Å². The van der Waals surface area contributed by atoms with E-state index in [1.54, 1.807) is 24.3 Å². The molecule has 0 spiro atoms. The van der Waals surface area contributed by atoms with Gasteiger partial charge in [-0.1, -0.05) is 71.9 Å². The number of carbonyl (C=O) groups excluding carboxylic acids is 2. The fourth-order valence-electron chi connectivity index (χ4n) is 4.96. The highest BCUT2D eigenvalue weighted by atomic mass is 32.2. The minimum absolute atomic E-state index is 0.209. The average molecular weight is 504 g/mol. The first-order valence-corrected chi connectivity index (χ1v) is 12.7. The summed E-state index contributed by atoms with van der Waals surface area (Å²) >= 11 is 1.37. The van der Waals surface area contributed by atoms with Gasteiger partial charge in [-0.25, -0.2) is 0 Å². The smallest absolute Gasteiger partial charge is 0.262 e. The highest BCUT2D eigenvalue weighted by Crippen LogP contribution is 2.42. The molecule has 1 unspecified atom stereocenters. The SMILES string of the molecule is Cc1ccc(S[C@@H]2O[C@@H]3COC(c4ccccc4)O[C@H]3[C@H](O)[C@H]2N2C(=O)c3ccccc3C2=O)cc1. The molecule has 8 heteroatoms. The lowest BCUT2D eigenvalue weighted by molar-refractivity contribution is -0.310. The van der Waals surface area contributed by atoms with Crippen LogP contribution in [0.25, 0.3) is 0 Å². The van der Waals surface area contributed by atoms with Crippen molar-refractivity contribution in [3.05, 3.63) is 101 Å². The third-order valence-corrected chi connectivity index (χ3v) is 7.97. The number of rotatable bonds is 4. The van der Waals surface area contributed by atoms with E-state index in [1.807, 2.05) is 61.5 Å². The van der Waals surface area contributed by atoms with Crippen molar-refractivity contribution in [2.24, 2.45) is 0 Å². The van der Waals surface area contributed by atoms with Crippen molar-refractivity contribution in [2.75, 3.05) is 6.61 Å². The van der Waals surface area contributed by atoms with Crippen LogP contribution in [0.4, 0.5) is 0 Å². The third kappa shape index (κ3) is 4.05. The minimum Gasteiger partial charge on any atom is -0.388 e. The molecule has 7 nitrogen and oxygen atoms in total. The van der Waals surface area contributed by atoms with E-state index in [2.05, 4.69) is 0 Å². The molecule has 3 heterocycles. The highest BCUT2D eigenvalue weighted by molar-refractivity contribution is 7.99. The zero-order valence-corrected chi connectivity index (χ0v) is 20.3. The first kappa shape index (κ1) is 23.4. The standard InChI is InChI=1S/C28H25NO6S/c1-16-11-13-18(14-12-16)36-28-22(29-25(31)19-9-5-6-10-20(19)26(29)32)23(30)24-21(34-28)15-33-27(35-24)17-7-3-2-4-8-17/h2-14,21-24,27-28,30H,15H2,1H3/t21-,22-,23-,24-,27?,28+/m1/s1. The maximum atomic E-state index is 13.4. The van der Waals surface area contributed by atoms with E-state index in [0.29, 0.717) is 11.1 Å². The number of aliphatic hydroxyl groups is 1. The molecule has 0 saturated carbocycles. The number of amides is 2. The topological polar surface area (TPSA) is 85.3 Å². The number of hydrogen-bond acceptors (Lipinski definition) is 7. The Morgan fingerprint density at radius 2 is 1.50 bits per heavy atom. The van der Waals surface area contributed by atoms with Crippen LogP contribution in [0.5, 0.6) is 0 Å². The average Bonchev–Trinajstić information content (AvgIpc) is 3.16. The Labute approximate surface area is 213 Å². The van der Waals surface area contributed by atoms with Crippen LogP contribution in [0.15, 0.2) is 83.8 Å². The van der Waals surface area contributed by atoms with Crippen molar-refractivity contribution in [1.82, 2.24) is 4.90 Å². The number of carbonyl (C=O) groups is 2. The largest absolute Gasteiger partial charge is 0.388 e. The maximum absolute atomic E-state index is 13.4. The zero-order valence-electron chi connectivity index (χ0n) is 19.5. The lowest BCUT2D eigenvalue weighted by Gasteiger charge is -2.49. The number of thioether (sulfide) groups is 1. The number of aryl methyl sites for hydroxylation is 1. The number of nitrogens with zero attached hydrogens (tertiary/aromatic N) is 1. The first-order chi connectivity index (χ1) is 17.5. The van der Waals surface area contributed by atoms with Gasteiger partial charge in [-0.2, -0.15) is 0 Å². The van der Waals surface area contributed by atoms with Crippen LogP contribution in [-0.4, -0.2) is 58.2 Å². The van der Waals surface area contributed by atoms with Crippen molar-refractivity contribution in [3.8, 4) is 0 Å². The lowest BCUT2D eigenvalue weighted by Crippen LogP contribution is -2.66. The molecule has 2 fully saturated rings. The van der Waals surface area contributed by atoms with Crippen molar-refractivity contribution in [1.29, 1.82) is 0 Å². The predicted octanol–water partition coefficient (Wildman–Crippen LogP) is 3.95. The van der Waals surface area contributed by atoms with Gasteiger partial charge in [0, 0.05) is 10.5 Å². The molecular weight excluding hydrogens is 478 g/mol. The van der Waals surface area contributed by atoms with Crippen molar-refractivity contribution in [3.63, 3.8) is 0 Å². The fourth-order valence-corrected chi connectivity index (χ4v) is 6.14. The molecule has 3 aliphatic rings. The maximum Gasteiger partial charge on any atom is 0.262 e. The predicted molar refractivity (Wildman–Crippen MR) is 132 cm³/mol. The number of ether oxygens (including phenoxy) is 3. The van der Waals surface area contributed by atoms with Gasteiger partial charge in [0.2, 0.25) is 0 Å². The highest BCUT2D eigenvalue weighted by Gasteiger charge is 2.55. The van der Waals surface area contributed by atoms with E-state index in [4.69, 9.17) is 14.2 Å². The summed E-state index contributed by atoms with van der Waals surface area (Å²) in [6, 6.07) is 23.1. The molecule has 184 valence electrons. The molecule has 1 N–H and O–H groups in total. The van der Waals surface area contributed by atoms with Crippen LogP contribution in [0.2, 0.25) is 0 Å². The molecule has 0 aromatic heterocycles. The van der Waals surface area contributed by atoms with Crippen LogP contribution in [0.1, 0.15) is 38.1 Å². The summed E-state index contributed by atoms with van der Waals surface area (Å²) in [5.74, 6) is -0.884. The Bertz CT molecular complexity index is 1250. The molecule has 6 rings (SSSR count). The summed E-state index contributed by atoms with van der Waals surface area (Å²) in [6.07, 6.45) is -3.21. The van der Waals surface area contributed by atoms with Crippen LogP contribution in [0, 0.1) is 6.92 Å². The molecule has 2 saturated heterocycles. The fraction of sp³-hybridized carbons (Fsp3) is 0.286. The lowest BCUT2D eigenvalue weighted by atomic mass is 9.95. The van der Waals surface area contributed by atoms with Crippen molar-refractivity contribution < 1.29 is 28.9 Å². The van der Waals surface area contributed by atoms with Gasteiger partial charge in [0.15, 0.2) is 6.29 Å². The van der Waals surface area contributed by atoms with Gasteiger partial charge in [0.1, 0.15) is 29.8 Å². The molecule has 0 aliphatic carbocycles. The molecule has 3 aromatic carbocycles. The van der Waals surface area contributed by atoms with Crippen LogP contribution in [-0.2, 0) is 14.2 Å².